The van der Waals surface area contributed by atoms with Crippen LogP contribution in [0.25, 0.3) is 17.3 Å². The van der Waals surface area contributed by atoms with Gasteiger partial charge in [-0.05, 0) is 48.9 Å². The van der Waals surface area contributed by atoms with Gasteiger partial charge in [-0.25, -0.2) is 18.6 Å². The number of methoxy groups -OCH3 is 2. The zero-order chi connectivity index (χ0) is 29.2. The van der Waals surface area contributed by atoms with E-state index in [-0.39, 0.29) is 10.7 Å². The van der Waals surface area contributed by atoms with Crippen LogP contribution in [0, 0.1) is 17.6 Å². The summed E-state index contributed by atoms with van der Waals surface area (Å²) < 4.78 is 45.1. The van der Waals surface area contributed by atoms with Crippen LogP contribution in [0.4, 0.5) is 13.9 Å². The SMILES string of the molecule is CO/C(=C\c1c(F)cc(C(=O)Nc2nc(-c3cccc(CCCOCCC(C)C)c3OC)cs2)cc1F)C(=O)O. The van der Waals surface area contributed by atoms with E-state index in [1.54, 1.807) is 12.5 Å². The summed E-state index contributed by atoms with van der Waals surface area (Å²) in [4.78, 5) is 28.3. The Bertz CT molecular complexity index is 1350. The van der Waals surface area contributed by atoms with E-state index in [2.05, 4.69) is 28.9 Å². The first-order chi connectivity index (χ1) is 19.1. The maximum atomic E-state index is 14.6. The molecular formula is C29H32F2N2O6S. The topological polar surface area (TPSA) is 107 Å². The summed E-state index contributed by atoms with van der Waals surface area (Å²) in [6, 6.07) is 7.38. The molecule has 1 amide bonds. The Morgan fingerprint density at radius 1 is 1.15 bits per heavy atom. The maximum Gasteiger partial charge on any atom is 0.371 e. The van der Waals surface area contributed by atoms with Crippen molar-refractivity contribution in [3.8, 4) is 17.0 Å². The molecule has 3 rings (SSSR count). The lowest BCUT2D eigenvalue weighted by Crippen LogP contribution is -2.13. The second-order valence-electron chi connectivity index (χ2n) is 9.26. The Kier molecular flexibility index (Phi) is 11.2. The number of ether oxygens (including phenoxy) is 3. The van der Waals surface area contributed by atoms with Crippen molar-refractivity contribution in [2.45, 2.75) is 33.1 Å². The average Bonchev–Trinajstić information content (AvgIpc) is 3.37. The number of anilines is 1. The maximum absolute atomic E-state index is 14.6. The third kappa shape index (κ3) is 8.09. The number of carbonyl (C=O) groups is 2. The van der Waals surface area contributed by atoms with E-state index >= 15 is 0 Å². The van der Waals surface area contributed by atoms with Crippen LogP contribution in [0.5, 0.6) is 5.75 Å². The number of rotatable bonds is 14. The predicted octanol–water partition coefficient (Wildman–Crippen LogP) is 6.42. The number of amides is 1. The minimum atomic E-state index is -1.49. The van der Waals surface area contributed by atoms with Gasteiger partial charge in [0.05, 0.1) is 19.9 Å². The van der Waals surface area contributed by atoms with Crippen LogP contribution in [0.1, 0.15) is 48.2 Å². The number of carboxylic acids is 1. The van der Waals surface area contributed by atoms with Gasteiger partial charge in [0.25, 0.3) is 5.91 Å². The van der Waals surface area contributed by atoms with Crippen molar-refractivity contribution >= 4 is 34.4 Å². The molecule has 0 radical (unpaired) electrons. The second kappa shape index (κ2) is 14.5. The lowest BCUT2D eigenvalue weighted by atomic mass is 10.0. The van der Waals surface area contributed by atoms with E-state index in [1.807, 2.05) is 18.2 Å². The lowest BCUT2D eigenvalue weighted by molar-refractivity contribution is -0.135. The number of benzene rings is 2. The number of hydrogen-bond acceptors (Lipinski definition) is 7. The van der Waals surface area contributed by atoms with Gasteiger partial charge >= 0.3 is 5.97 Å². The van der Waals surface area contributed by atoms with Crippen LogP contribution >= 0.6 is 11.3 Å². The molecule has 11 heteroatoms. The van der Waals surface area contributed by atoms with Crippen molar-refractivity contribution in [1.82, 2.24) is 4.98 Å². The number of carboxylic acid groups (broad SMARTS) is 1. The standard InChI is InChI=1S/C29H32F2N2O6S/c1-17(2)10-12-39-11-6-8-18-7-5-9-20(26(18)38-4)24-16-40-29(32-24)33-27(34)19-13-22(30)21(23(31)14-19)15-25(37-3)28(35)36/h5,7,9,13-17H,6,8,10-12H2,1-4H3,(H,35,36)(H,32,33,34)/b25-15-. The van der Waals surface area contributed by atoms with Crippen LogP contribution in [0.3, 0.4) is 0 Å². The van der Waals surface area contributed by atoms with Gasteiger partial charge in [0.2, 0.25) is 5.76 Å². The molecule has 0 aliphatic carbocycles. The summed E-state index contributed by atoms with van der Waals surface area (Å²) in [5.74, 6) is -3.88. The van der Waals surface area contributed by atoms with Gasteiger partial charge in [0.15, 0.2) is 5.13 Å². The van der Waals surface area contributed by atoms with Crippen LogP contribution in [-0.2, 0) is 20.7 Å². The van der Waals surface area contributed by atoms with Gasteiger partial charge in [-0.3, -0.25) is 10.1 Å². The van der Waals surface area contributed by atoms with E-state index in [0.29, 0.717) is 30.0 Å². The number of hydrogen-bond donors (Lipinski definition) is 2. The molecule has 0 unspecified atom stereocenters. The fourth-order valence-electron chi connectivity index (χ4n) is 3.83. The summed E-state index contributed by atoms with van der Waals surface area (Å²) in [6.45, 7) is 5.71. The molecule has 0 aliphatic heterocycles. The van der Waals surface area contributed by atoms with E-state index in [4.69, 9.17) is 14.6 Å². The average molecular weight is 575 g/mol. The molecule has 0 saturated carbocycles. The van der Waals surface area contributed by atoms with Gasteiger partial charge in [0.1, 0.15) is 17.4 Å². The molecule has 8 nitrogen and oxygen atoms in total. The number of para-hydroxylation sites is 1. The zero-order valence-corrected chi connectivity index (χ0v) is 23.6. The molecule has 3 aromatic rings. The first kappa shape index (κ1) is 30.7. The first-order valence-corrected chi connectivity index (χ1v) is 13.5. The summed E-state index contributed by atoms with van der Waals surface area (Å²) in [5.41, 5.74) is 1.39. The van der Waals surface area contributed by atoms with E-state index in [9.17, 15) is 18.4 Å². The zero-order valence-electron chi connectivity index (χ0n) is 22.8. The van der Waals surface area contributed by atoms with Gasteiger partial charge in [0, 0.05) is 41.4 Å². The second-order valence-corrected chi connectivity index (χ2v) is 10.1. The van der Waals surface area contributed by atoms with E-state index in [0.717, 1.165) is 67.6 Å². The molecule has 0 atom stereocenters. The first-order valence-electron chi connectivity index (χ1n) is 12.6. The number of aryl methyl sites for hydroxylation is 1. The van der Waals surface area contributed by atoms with Crippen molar-refractivity contribution < 1.29 is 37.7 Å². The Hall–Kier alpha value is -3.83. The number of aliphatic carboxylic acids is 1. The van der Waals surface area contributed by atoms with Crippen molar-refractivity contribution in [1.29, 1.82) is 0 Å². The van der Waals surface area contributed by atoms with Crippen molar-refractivity contribution in [2.75, 3.05) is 32.8 Å². The monoisotopic (exact) mass is 574 g/mol. The molecule has 214 valence electrons. The largest absolute Gasteiger partial charge is 0.496 e. The van der Waals surface area contributed by atoms with E-state index < -0.39 is 34.8 Å². The van der Waals surface area contributed by atoms with Crippen molar-refractivity contribution in [3.05, 3.63) is 69.8 Å². The number of carbonyl (C=O) groups excluding carboxylic acids is 1. The number of aromatic nitrogens is 1. The molecule has 1 aromatic heterocycles. The molecule has 0 aliphatic rings. The molecule has 40 heavy (non-hydrogen) atoms. The highest BCUT2D eigenvalue weighted by Gasteiger charge is 2.19. The fraction of sp³-hybridized carbons (Fsp3) is 0.345. The van der Waals surface area contributed by atoms with Crippen LogP contribution in [0.15, 0.2) is 41.5 Å². The molecule has 1 heterocycles. The lowest BCUT2D eigenvalue weighted by Gasteiger charge is -2.13. The molecule has 0 bridgehead atoms. The quantitative estimate of drug-likeness (QED) is 0.130. The van der Waals surface area contributed by atoms with Crippen molar-refractivity contribution in [2.24, 2.45) is 5.92 Å². The van der Waals surface area contributed by atoms with Crippen LogP contribution in [0.2, 0.25) is 0 Å². The summed E-state index contributed by atoms with van der Waals surface area (Å²) in [6.07, 6.45) is 3.33. The molecule has 2 aromatic carbocycles. The summed E-state index contributed by atoms with van der Waals surface area (Å²) in [7, 11) is 2.65. The predicted molar refractivity (Wildman–Crippen MR) is 150 cm³/mol. The van der Waals surface area contributed by atoms with Crippen LogP contribution < -0.4 is 10.1 Å². The van der Waals surface area contributed by atoms with Gasteiger partial charge in [-0.15, -0.1) is 11.3 Å². The molecule has 2 N–H and O–H groups in total. The van der Waals surface area contributed by atoms with E-state index in [1.165, 1.54) is 0 Å². The summed E-state index contributed by atoms with van der Waals surface area (Å²) >= 11 is 1.15. The fourth-order valence-corrected chi connectivity index (χ4v) is 4.53. The van der Waals surface area contributed by atoms with Crippen LogP contribution in [-0.4, -0.2) is 49.4 Å². The number of nitrogens with zero attached hydrogens (tertiary/aromatic N) is 1. The highest BCUT2D eigenvalue weighted by Crippen LogP contribution is 2.35. The number of nitrogens with one attached hydrogen (secondary N) is 1. The Balaban J connectivity index is 1.72. The minimum Gasteiger partial charge on any atom is -0.496 e. The Morgan fingerprint density at radius 3 is 2.50 bits per heavy atom. The number of halogens is 2. The molecule has 0 saturated heterocycles. The normalized spacial score (nSPS) is 11.5. The third-order valence-corrected chi connectivity index (χ3v) is 6.68. The molecule has 0 fully saturated rings. The van der Waals surface area contributed by atoms with Crippen molar-refractivity contribution in [3.63, 3.8) is 0 Å². The smallest absolute Gasteiger partial charge is 0.371 e. The minimum absolute atomic E-state index is 0.225. The highest BCUT2D eigenvalue weighted by molar-refractivity contribution is 7.14. The molecular weight excluding hydrogens is 542 g/mol. The summed E-state index contributed by atoms with van der Waals surface area (Å²) in [5, 5.41) is 13.5. The molecule has 0 spiro atoms. The van der Waals surface area contributed by atoms with Gasteiger partial charge < -0.3 is 19.3 Å². The third-order valence-electron chi connectivity index (χ3n) is 5.92. The van der Waals surface area contributed by atoms with Gasteiger partial charge in [-0.1, -0.05) is 26.0 Å². The highest BCUT2D eigenvalue weighted by atomic mass is 32.1. The van der Waals surface area contributed by atoms with Gasteiger partial charge in [-0.2, -0.15) is 0 Å². The Labute approximate surface area is 235 Å². The number of thiazole rings is 1. The Morgan fingerprint density at radius 2 is 1.88 bits per heavy atom.